The number of rotatable bonds is 11. The molecule has 4 aliphatic heterocycles. The Balaban J connectivity index is 0.000000309. The molecule has 1 unspecified atom stereocenters. The van der Waals surface area contributed by atoms with Crippen molar-refractivity contribution < 1.29 is 28.0 Å². The molecule has 3 aromatic heterocycles. The van der Waals surface area contributed by atoms with E-state index >= 15 is 4.39 Å². The average Bonchev–Trinajstić information content (AvgIpc) is 4.07. The lowest BCUT2D eigenvalue weighted by atomic mass is 10.0. The van der Waals surface area contributed by atoms with Crippen LogP contribution in [0.2, 0.25) is 0 Å². The molecule has 66 heavy (non-hydrogen) atoms. The number of benzene rings is 3. The summed E-state index contributed by atoms with van der Waals surface area (Å²) >= 11 is 0. The van der Waals surface area contributed by atoms with Crippen LogP contribution in [0.25, 0.3) is 33.1 Å². The molecule has 0 radical (unpaired) electrons. The first-order valence-electron chi connectivity index (χ1n) is 23.2. The van der Waals surface area contributed by atoms with Crippen LogP contribution in [0.4, 0.5) is 14.5 Å². The van der Waals surface area contributed by atoms with E-state index in [1.165, 1.54) is 27.7 Å². The second-order valence-corrected chi connectivity index (χ2v) is 17.7. The van der Waals surface area contributed by atoms with Crippen LogP contribution in [0.5, 0.6) is 0 Å². The third-order valence-corrected chi connectivity index (χ3v) is 13.6. The molecule has 7 heterocycles. The average molecular weight is 903 g/mol. The van der Waals surface area contributed by atoms with Gasteiger partial charge in [0.15, 0.2) is 0 Å². The molecule has 346 valence electrons. The van der Waals surface area contributed by atoms with E-state index in [9.17, 15) is 28.4 Å². The smallest absolute Gasteiger partial charge is 0.329 e. The number of likely N-dealkylation sites (tertiary alicyclic amines) is 2. The Morgan fingerprint density at radius 3 is 2.26 bits per heavy atom. The summed E-state index contributed by atoms with van der Waals surface area (Å²) in [5.74, 6) is -1.48. The number of amides is 4. The van der Waals surface area contributed by atoms with Crippen LogP contribution >= 0.6 is 0 Å². The van der Waals surface area contributed by atoms with Crippen LogP contribution in [-0.2, 0) is 34.4 Å². The van der Waals surface area contributed by atoms with Gasteiger partial charge in [0.2, 0.25) is 17.7 Å². The van der Waals surface area contributed by atoms with E-state index in [1.54, 1.807) is 36.3 Å². The van der Waals surface area contributed by atoms with Crippen molar-refractivity contribution >= 4 is 51.3 Å². The lowest BCUT2D eigenvalue weighted by molar-refractivity contribution is -0.136. The maximum absolute atomic E-state index is 15.2. The van der Waals surface area contributed by atoms with Crippen molar-refractivity contribution in [3.8, 4) is 11.1 Å². The molecule has 17 heteroatoms. The van der Waals surface area contributed by atoms with Gasteiger partial charge in [-0.3, -0.25) is 43.2 Å². The minimum atomic E-state index is -0.817. The Bertz CT molecular complexity index is 2800. The second-order valence-electron chi connectivity index (χ2n) is 17.7. The molecule has 0 aliphatic carbocycles. The van der Waals surface area contributed by atoms with Crippen LogP contribution < -0.4 is 15.9 Å². The molecular formula is C49H56F2N10O5. The van der Waals surface area contributed by atoms with E-state index < -0.39 is 17.6 Å². The molecule has 1 atom stereocenters. The van der Waals surface area contributed by atoms with Gasteiger partial charge in [-0.2, -0.15) is 5.10 Å². The highest BCUT2D eigenvalue weighted by atomic mass is 19.1. The number of imide groups is 1. The van der Waals surface area contributed by atoms with Crippen LogP contribution in [0.3, 0.4) is 0 Å². The molecule has 4 aliphatic rings. The summed E-state index contributed by atoms with van der Waals surface area (Å²) in [5, 5.41) is 7.08. The van der Waals surface area contributed by atoms with E-state index in [2.05, 4.69) is 37.3 Å². The molecule has 0 bridgehead atoms. The quantitative estimate of drug-likeness (QED) is 0.159. The van der Waals surface area contributed by atoms with Crippen LogP contribution in [0.15, 0.2) is 77.9 Å². The number of aromatic amines is 1. The third-order valence-electron chi connectivity index (χ3n) is 13.6. The summed E-state index contributed by atoms with van der Waals surface area (Å²) in [7, 11) is 1.59. The van der Waals surface area contributed by atoms with Crippen LogP contribution in [0, 0.1) is 11.6 Å². The van der Waals surface area contributed by atoms with Gasteiger partial charge in [-0.05, 0) is 105 Å². The molecule has 4 fully saturated rings. The number of fused-ring (bicyclic) bond motifs is 2. The summed E-state index contributed by atoms with van der Waals surface area (Å²) in [6.07, 6.45) is 10.3. The van der Waals surface area contributed by atoms with E-state index in [4.69, 9.17) is 0 Å². The Morgan fingerprint density at radius 2 is 1.56 bits per heavy atom. The van der Waals surface area contributed by atoms with E-state index in [0.29, 0.717) is 59.0 Å². The van der Waals surface area contributed by atoms with Crippen molar-refractivity contribution in [1.82, 2.24) is 43.9 Å². The summed E-state index contributed by atoms with van der Waals surface area (Å²) in [4.78, 5) is 73.5. The number of H-pyrrole nitrogens is 1. The summed E-state index contributed by atoms with van der Waals surface area (Å²) in [5.41, 5.74) is 4.66. The van der Waals surface area contributed by atoms with Gasteiger partial charge in [0.25, 0.3) is 5.91 Å². The number of piperidine rings is 2. The predicted molar refractivity (Wildman–Crippen MR) is 247 cm³/mol. The van der Waals surface area contributed by atoms with Crippen molar-refractivity contribution in [3.63, 3.8) is 0 Å². The Labute approximate surface area is 380 Å². The Kier molecular flexibility index (Phi) is 13.1. The number of nitrogens with zero attached hydrogens (tertiary/aromatic N) is 8. The van der Waals surface area contributed by atoms with E-state index in [-0.39, 0.29) is 42.2 Å². The monoisotopic (exact) mass is 902 g/mol. The van der Waals surface area contributed by atoms with Crippen LogP contribution in [-0.4, -0.2) is 121 Å². The van der Waals surface area contributed by atoms with E-state index in [1.807, 2.05) is 34.0 Å². The molecule has 10 rings (SSSR count). The molecule has 4 amide bonds. The highest BCUT2D eigenvalue weighted by Gasteiger charge is 2.32. The second kappa shape index (κ2) is 19.5. The number of aryl methyl sites for hydroxylation is 3. The fraction of sp³-hybridized carbons (Fsp3) is 0.429. The molecule has 4 saturated heterocycles. The first-order chi connectivity index (χ1) is 32.0. The van der Waals surface area contributed by atoms with Gasteiger partial charge < -0.3 is 19.7 Å². The molecule has 15 nitrogen and oxygen atoms in total. The zero-order chi connectivity index (χ0) is 45.9. The Hall–Kier alpha value is -6.62. The number of hydrogen-bond acceptors (Lipinski definition) is 8. The fourth-order valence-corrected chi connectivity index (χ4v) is 9.74. The van der Waals surface area contributed by atoms with Crippen molar-refractivity contribution in [1.29, 1.82) is 0 Å². The number of aromatic nitrogens is 5. The lowest BCUT2D eigenvalue weighted by Gasteiger charge is -2.36. The predicted octanol–water partition coefficient (Wildman–Crippen LogP) is 5.63. The summed E-state index contributed by atoms with van der Waals surface area (Å²) in [6, 6.07) is 17.1. The molecular weight excluding hydrogens is 847 g/mol. The number of halogens is 2. The minimum Gasteiger partial charge on any atom is -0.369 e. The third kappa shape index (κ3) is 9.26. The van der Waals surface area contributed by atoms with Crippen molar-refractivity contribution in [2.24, 2.45) is 7.05 Å². The normalized spacial score (nSPS) is 18.0. The first-order valence-corrected chi connectivity index (χ1v) is 23.2. The van der Waals surface area contributed by atoms with Gasteiger partial charge in [-0.15, -0.1) is 0 Å². The van der Waals surface area contributed by atoms with Crippen molar-refractivity contribution in [2.45, 2.75) is 70.4 Å². The lowest BCUT2D eigenvalue weighted by Crippen LogP contribution is -2.46. The van der Waals surface area contributed by atoms with Gasteiger partial charge in [0, 0.05) is 108 Å². The largest absolute Gasteiger partial charge is 0.369 e. The number of imidazole rings is 1. The number of carbonyl (C=O) groups excluding carboxylic acids is 4. The standard InChI is InChI=1S/C38H39F2N7O4.C11H17N3O/c1-43-35-26(28(39)11-12-31(35)47(38(43)51)32-13-14-33(48)42-36(32)49)4-2-15-44-18-20-45(21-19-44)24-7-5-23(6-8-24)25-9-10-29(40)34-27(25)22-30(41-34)37(50)46-16-3-17-46;15-11(13-7-2-1-3-8-13)5-10-14-9-4-6-12-14/h5-12,22,32,41H,2-4,13-21H2,1H3,(H,42,48,49);4,6,9H,1-3,5,7-8,10H2. The van der Waals surface area contributed by atoms with Gasteiger partial charge in [0.1, 0.15) is 23.4 Å². The van der Waals surface area contributed by atoms with Gasteiger partial charge >= 0.3 is 5.69 Å². The number of nitrogens with one attached hydrogen (secondary N) is 2. The molecule has 0 spiro atoms. The summed E-state index contributed by atoms with van der Waals surface area (Å²) < 4.78 is 34.6. The highest BCUT2D eigenvalue weighted by Crippen LogP contribution is 2.33. The van der Waals surface area contributed by atoms with E-state index in [0.717, 1.165) is 95.0 Å². The minimum absolute atomic E-state index is 0.101. The maximum atomic E-state index is 15.2. The number of anilines is 1. The van der Waals surface area contributed by atoms with Crippen molar-refractivity contribution in [2.75, 3.05) is 63.8 Å². The fourth-order valence-electron chi connectivity index (χ4n) is 9.74. The maximum Gasteiger partial charge on any atom is 0.329 e. The molecule has 0 saturated carbocycles. The van der Waals surface area contributed by atoms with Crippen molar-refractivity contribution in [3.05, 3.63) is 106 Å². The van der Waals surface area contributed by atoms with Gasteiger partial charge in [0.05, 0.1) is 16.6 Å². The SMILES string of the molecule is Cn1c(=O)n(C2CCC(=O)NC2=O)c2ccc(F)c(CCCN3CCN(c4ccc(-c5ccc(F)c6[nH]c(C(=O)N7CCC7)cc56)cc4)CC3)c21.O=C(CCn1cccn1)N1CCCCC1. The zero-order valence-electron chi connectivity index (χ0n) is 37.3. The molecule has 6 aromatic rings. The Morgan fingerprint density at radius 1 is 0.818 bits per heavy atom. The number of piperazine rings is 1. The number of carbonyl (C=O) groups is 4. The first kappa shape index (κ1) is 44.6. The number of hydrogen-bond donors (Lipinski definition) is 2. The van der Waals surface area contributed by atoms with Crippen LogP contribution in [0.1, 0.15) is 73.5 Å². The molecule has 2 N–H and O–H groups in total. The highest BCUT2D eigenvalue weighted by molar-refractivity contribution is 6.03. The molecule has 3 aromatic carbocycles. The summed E-state index contributed by atoms with van der Waals surface area (Å²) in [6.45, 7) is 8.14. The topological polar surface area (TPSA) is 154 Å². The van der Waals surface area contributed by atoms with Gasteiger partial charge in [-0.1, -0.05) is 18.2 Å². The zero-order valence-corrected chi connectivity index (χ0v) is 37.3. The van der Waals surface area contributed by atoms with Gasteiger partial charge in [-0.25, -0.2) is 13.6 Å².